The van der Waals surface area contributed by atoms with E-state index < -0.39 is 0 Å². The first-order valence-corrected chi connectivity index (χ1v) is 6.84. The molecule has 0 aliphatic rings. The summed E-state index contributed by atoms with van der Waals surface area (Å²) in [5, 5.41) is 11.3. The van der Waals surface area contributed by atoms with E-state index in [4.69, 9.17) is 5.11 Å². The van der Waals surface area contributed by atoms with E-state index in [0.29, 0.717) is 32.2 Å². The molecule has 1 aromatic carbocycles. The molecule has 0 saturated carbocycles. The van der Waals surface area contributed by atoms with Crippen molar-refractivity contribution in [2.45, 2.75) is 25.7 Å². The van der Waals surface area contributed by atoms with Gasteiger partial charge in [-0.1, -0.05) is 18.2 Å². The summed E-state index contributed by atoms with van der Waals surface area (Å²) < 4.78 is 0. The third-order valence-electron chi connectivity index (χ3n) is 2.97. The SMILES string of the molecule is CN(C(=O)CCCC(=O)NCCCO)c1ccccc1. The zero-order chi connectivity index (χ0) is 14.8. The molecule has 110 valence electrons. The second-order valence-electron chi connectivity index (χ2n) is 4.57. The van der Waals surface area contributed by atoms with E-state index in [0.717, 1.165) is 5.69 Å². The molecule has 5 heteroatoms. The van der Waals surface area contributed by atoms with Crippen molar-refractivity contribution >= 4 is 17.5 Å². The second kappa shape index (κ2) is 9.09. The molecule has 0 bridgehead atoms. The molecule has 1 aromatic rings. The number of anilines is 1. The number of aliphatic hydroxyl groups excluding tert-OH is 1. The third-order valence-corrected chi connectivity index (χ3v) is 2.97. The highest BCUT2D eigenvalue weighted by molar-refractivity contribution is 5.92. The minimum absolute atomic E-state index is 0.000594. The van der Waals surface area contributed by atoms with Crippen molar-refractivity contribution in [3.05, 3.63) is 30.3 Å². The molecule has 0 atom stereocenters. The molecule has 0 spiro atoms. The maximum Gasteiger partial charge on any atom is 0.226 e. The van der Waals surface area contributed by atoms with Gasteiger partial charge in [-0.15, -0.1) is 0 Å². The van der Waals surface area contributed by atoms with Crippen LogP contribution in [-0.2, 0) is 9.59 Å². The van der Waals surface area contributed by atoms with E-state index in [9.17, 15) is 9.59 Å². The Kier molecular flexibility index (Phi) is 7.35. The van der Waals surface area contributed by atoms with Crippen molar-refractivity contribution < 1.29 is 14.7 Å². The second-order valence-corrected chi connectivity index (χ2v) is 4.57. The first kappa shape index (κ1) is 16.2. The Hall–Kier alpha value is -1.88. The van der Waals surface area contributed by atoms with Gasteiger partial charge in [-0.2, -0.15) is 0 Å². The molecular weight excluding hydrogens is 256 g/mol. The number of rotatable bonds is 8. The molecule has 0 fully saturated rings. The summed E-state index contributed by atoms with van der Waals surface area (Å²) in [5.74, 6) is -0.0760. The van der Waals surface area contributed by atoms with E-state index in [1.165, 1.54) is 0 Å². The van der Waals surface area contributed by atoms with Crippen molar-refractivity contribution in [1.82, 2.24) is 5.32 Å². The van der Waals surface area contributed by atoms with E-state index in [1.807, 2.05) is 30.3 Å². The molecule has 0 saturated heterocycles. The lowest BCUT2D eigenvalue weighted by molar-refractivity contribution is -0.121. The molecule has 0 aliphatic carbocycles. The summed E-state index contributed by atoms with van der Waals surface area (Å²) in [6.07, 6.45) is 1.76. The number of nitrogens with one attached hydrogen (secondary N) is 1. The van der Waals surface area contributed by atoms with Crippen LogP contribution in [0.1, 0.15) is 25.7 Å². The number of aliphatic hydroxyl groups is 1. The van der Waals surface area contributed by atoms with Gasteiger partial charge < -0.3 is 15.3 Å². The van der Waals surface area contributed by atoms with Gasteiger partial charge >= 0.3 is 0 Å². The van der Waals surface area contributed by atoms with Gasteiger partial charge in [-0.3, -0.25) is 9.59 Å². The predicted molar refractivity (Wildman–Crippen MR) is 78.4 cm³/mol. The van der Waals surface area contributed by atoms with Gasteiger partial charge in [-0.25, -0.2) is 0 Å². The van der Waals surface area contributed by atoms with Crippen LogP contribution in [0, 0.1) is 0 Å². The summed E-state index contributed by atoms with van der Waals surface area (Å²) in [6.45, 7) is 0.549. The summed E-state index contributed by atoms with van der Waals surface area (Å²) in [6, 6.07) is 9.42. The Morgan fingerprint density at radius 1 is 1.15 bits per heavy atom. The highest BCUT2D eigenvalue weighted by atomic mass is 16.3. The van der Waals surface area contributed by atoms with Crippen LogP contribution in [-0.4, -0.2) is 37.1 Å². The maximum atomic E-state index is 11.9. The van der Waals surface area contributed by atoms with Crippen molar-refractivity contribution in [3.8, 4) is 0 Å². The average molecular weight is 278 g/mol. The standard InChI is InChI=1S/C15H22N2O3/c1-17(13-7-3-2-4-8-13)15(20)10-5-9-14(19)16-11-6-12-18/h2-4,7-8,18H,5-6,9-12H2,1H3,(H,16,19). The van der Waals surface area contributed by atoms with Crippen LogP contribution < -0.4 is 10.2 Å². The van der Waals surface area contributed by atoms with Gasteiger partial charge in [-0.05, 0) is 25.0 Å². The van der Waals surface area contributed by atoms with Gasteiger partial charge in [0, 0.05) is 38.7 Å². The van der Waals surface area contributed by atoms with Gasteiger partial charge in [0.05, 0.1) is 0 Å². The molecule has 1 rings (SSSR count). The molecule has 20 heavy (non-hydrogen) atoms. The smallest absolute Gasteiger partial charge is 0.226 e. The normalized spacial score (nSPS) is 10.1. The fourth-order valence-corrected chi connectivity index (χ4v) is 1.76. The Balaban J connectivity index is 2.24. The lowest BCUT2D eigenvalue weighted by atomic mass is 10.2. The van der Waals surface area contributed by atoms with E-state index >= 15 is 0 Å². The minimum atomic E-state index is -0.0754. The first-order chi connectivity index (χ1) is 9.65. The summed E-state index contributed by atoms with van der Waals surface area (Å²) in [7, 11) is 1.74. The van der Waals surface area contributed by atoms with Crippen LogP contribution in [0.25, 0.3) is 0 Å². The van der Waals surface area contributed by atoms with E-state index in [1.54, 1.807) is 11.9 Å². The number of carbonyl (C=O) groups excluding carboxylic acids is 2. The largest absolute Gasteiger partial charge is 0.396 e. The molecule has 0 aliphatic heterocycles. The Morgan fingerprint density at radius 2 is 1.85 bits per heavy atom. The molecule has 0 radical (unpaired) electrons. The van der Waals surface area contributed by atoms with Crippen LogP contribution in [0.4, 0.5) is 5.69 Å². The summed E-state index contributed by atoms with van der Waals surface area (Å²) >= 11 is 0. The predicted octanol–water partition coefficient (Wildman–Crippen LogP) is 1.32. The number of hydrogen-bond acceptors (Lipinski definition) is 3. The van der Waals surface area contributed by atoms with Crippen LogP contribution in [0.3, 0.4) is 0 Å². The van der Waals surface area contributed by atoms with Gasteiger partial charge in [0.1, 0.15) is 0 Å². The fraction of sp³-hybridized carbons (Fsp3) is 0.467. The monoisotopic (exact) mass is 278 g/mol. The molecule has 2 N–H and O–H groups in total. The van der Waals surface area contributed by atoms with Gasteiger partial charge in [0.2, 0.25) is 11.8 Å². The lowest BCUT2D eigenvalue weighted by Gasteiger charge is -2.17. The zero-order valence-corrected chi connectivity index (χ0v) is 11.8. The first-order valence-electron chi connectivity index (χ1n) is 6.84. The molecule has 0 aromatic heterocycles. The number of carbonyl (C=O) groups is 2. The van der Waals surface area contributed by atoms with Crippen molar-refractivity contribution in [2.24, 2.45) is 0 Å². The Labute approximate surface area is 119 Å². The Morgan fingerprint density at radius 3 is 2.50 bits per heavy atom. The maximum absolute atomic E-state index is 11.9. The quantitative estimate of drug-likeness (QED) is 0.705. The fourth-order valence-electron chi connectivity index (χ4n) is 1.76. The number of hydrogen-bond donors (Lipinski definition) is 2. The van der Waals surface area contributed by atoms with Crippen molar-refractivity contribution in [1.29, 1.82) is 0 Å². The van der Waals surface area contributed by atoms with Crippen LogP contribution >= 0.6 is 0 Å². The lowest BCUT2D eigenvalue weighted by Crippen LogP contribution is -2.27. The Bertz CT molecular complexity index is 420. The van der Waals surface area contributed by atoms with Gasteiger partial charge in [0.15, 0.2) is 0 Å². The van der Waals surface area contributed by atoms with E-state index in [2.05, 4.69) is 5.32 Å². The van der Waals surface area contributed by atoms with Crippen LogP contribution in [0.5, 0.6) is 0 Å². The highest BCUT2D eigenvalue weighted by Crippen LogP contribution is 2.13. The van der Waals surface area contributed by atoms with E-state index in [-0.39, 0.29) is 18.4 Å². The number of para-hydroxylation sites is 1. The van der Waals surface area contributed by atoms with Crippen LogP contribution in [0.2, 0.25) is 0 Å². The molecule has 0 heterocycles. The molecular formula is C15H22N2O3. The zero-order valence-electron chi connectivity index (χ0n) is 11.8. The summed E-state index contributed by atoms with van der Waals surface area (Å²) in [5.41, 5.74) is 0.852. The molecule has 2 amide bonds. The molecule has 0 unspecified atom stereocenters. The molecule has 5 nitrogen and oxygen atoms in total. The number of amides is 2. The minimum Gasteiger partial charge on any atom is -0.396 e. The number of nitrogens with zero attached hydrogens (tertiary/aromatic N) is 1. The number of benzene rings is 1. The summed E-state index contributed by atoms with van der Waals surface area (Å²) in [4.78, 5) is 25.0. The third kappa shape index (κ3) is 5.84. The average Bonchev–Trinajstić information content (AvgIpc) is 2.47. The van der Waals surface area contributed by atoms with Crippen LogP contribution in [0.15, 0.2) is 30.3 Å². The van der Waals surface area contributed by atoms with Crippen molar-refractivity contribution in [3.63, 3.8) is 0 Å². The topological polar surface area (TPSA) is 69.6 Å². The highest BCUT2D eigenvalue weighted by Gasteiger charge is 2.11. The van der Waals surface area contributed by atoms with Crippen molar-refractivity contribution in [2.75, 3.05) is 25.1 Å². The van der Waals surface area contributed by atoms with Gasteiger partial charge in [0.25, 0.3) is 0 Å².